The minimum absolute atomic E-state index is 0.0777. The van der Waals surface area contributed by atoms with E-state index < -0.39 is 18.2 Å². The van der Waals surface area contributed by atoms with E-state index in [4.69, 9.17) is 4.74 Å². The van der Waals surface area contributed by atoms with Gasteiger partial charge in [0.2, 0.25) is 5.91 Å². The van der Waals surface area contributed by atoms with Crippen LogP contribution in [0.4, 0.5) is 0 Å². The summed E-state index contributed by atoms with van der Waals surface area (Å²) in [6, 6.07) is -0.701. The molecule has 3 unspecified atom stereocenters. The van der Waals surface area contributed by atoms with Gasteiger partial charge in [-0.15, -0.1) is 0 Å². The molecule has 0 aliphatic heterocycles. The van der Waals surface area contributed by atoms with Gasteiger partial charge in [0, 0.05) is 6.42 Å². The summed E-state index contributed by atoms with van der Waals surface area (Å²) < 4.78 is 5.97. The molecule has 3 atom stereocenters. The fraction of sp³-hybridized carbons (Fsp3) is 0.900. The van der Waals surface area contributed by atoms with Crippen molar-refractivity contribution in [3.8, 4) is 0 Å². The Balaban J connectivity index is 4.54. The number of ether oxygens (including phenoxy) is 1. The Kier molecular flexibility index (Phi) is 52.9. The summed E-state index contributed by atoms with van der Waals surface area (Å²) in [5, 5.41) is 23.9. The highest BCUT2D eigenvalue weighted by Gasteiger charge is 2.24. The number of carbonyl (C=O) groups excluding carboxylic acids is 2. The average Bonchev–Trinajstić information content (AvgIpc) is 3.31. The van der Waals surface area contributed by atoms with Crippen molar-refractivity contribution in [3.05, 3.63) is 24.3 Å². The number of hydrogen-bond acceptors (Lipinski definition) is 5. The Hall–Kier alpha value is -1.66. The number of unbranched alkanes of at least 4 members (excludes halogenated alkanes) is 38. The first-order chi connectivity index (χ1) is 32.5. The van der Waals surface area contributed by atoms with Gasteiger partial charge in [0.1, 0.15) is 6.10 Å². The van der Waals surface area contributed by atoms with Gasteiger partial charge in [0.25, 0.3) is 0 Å². The number of aliphatic hydroxyl groups is 2. The van der Waals surface area contributed by atoms with E-state index in [1.807, 2.05) is 0 Å². The van der Waals surface area contributed by atoms with Crippen LogP contribution in [-0.4, -0.2) is 46.9 Å². The molecule has 0 aromatic carbocycles. The van der Waals surface area contributed by atoms with E-state index in [2.05, 4.69) is 50.4 Å². The summed E-state index contributed by atoms with van der Waals surface area (Å²) >= 11 is 0. The SMILES string of the molecule is CCCCCCCC/C=C/CCCCCCCCCC(=O)OC(CCCCCCCCC/C=C/CCCCCCCC)CC(=O)NC(CO)C(O)CCCCCCCCCCCCCCC. The van der Waals surface area contributed by atoms with Gasteiger partial charge in [0.05, 0.1) is 25.2 Å². The minimum atomic E-state index is -0.787. The molecule has 6 heteroatoms. The maximum atomic E-state index is 13.3. The van der Waals surface area contributed by atoms with Crippen LogP contribution in [0.25, 0.3) is 0 Å². The van der Waals surface area contributed by atoms with Crippen molar-refractivity contribution in [2.45, 2.75) is 341 Å². The van der Waals surface area contributed by atoms with Crippen LogP contribution in [0, 0.1) is 0 Å². The second-order valence-corrected chi connectivity index (χ2v) is 20.4. The molecule has 6 nitrogen and oxygen atoms in total. The highest BCUT2D eigenvalue weighted by molar-refractivity contribution is 5.77. The number of rotatable bonds is 54. The number of aliphatic hydroxyl groups excluding tert-OH is 2. The molecule has 0 bridgehead atoms. The fourth-order valence-corrected chi connectivity index (χ4v) is 9.25. The summed E-state index contributed by atoms with van der Waals surface area (Å²) in [5.74, 6) is -0.465. The zero-order valence-corrected chi connectivity index (χ0v) is 44.6. The molecule has 390 valence electrons. The number of amides is 1. The fourth-order valence-electron chi connectivity index (χ4n) is 9.25. The van der Waals surface area contributed by atoms with Crippen LogP contribution < -0.4 is 5.32 Å². The van der Waals surface area contributed by atoms with E-state index >= 15 is 0 Å². The molecular formula is C60H115NO5. The van der Waals surface area contributed by atoms with Crippen molar-refractivity contribution < 1.29 is 24.5 Å². The molecule has 0 saturated heterocycles. The van der Waals surface area contributed by atoms with Crippen LogP contribution >= 0.6 is 0 Å². The molecule has 0 heterocycles. The molecule has 66 heavy (non-hydrogen) atoms. The van der Waals surface area contributed by atoms with Crippen LogP contribution in [0.15, 0.2) is 24.3 Å². The Bertz CT molecular complexity index is 1040. The minimum Gasteiger partial charge on any atom is -0.462 e. The third-order valence-electron chi connectivity index (χ3n) is 13.8. The van der Waals surface area contributed by atoms with Gasteiger partial charge in [-0.2, -0.15) is 0 Å². The van der Waals surface area contributed by atoms with Gasteiger partial charge >= 0.3 is 5.97 Å². The molecule has 0 rings (SSSR count). The molecule has 0 aliphatic rings. The predicted octanol–water partition coefficient (Wildman–Crippen LogP) is 18.2. The maximum Gasteiger partial charge on any atom is 0.306 e. The smallest absolute Gasteiger partial charge is 0.306 e. The van der Waals surface area contributed by atoms with Gasteiger partial charge in [-0.05, 0) is 77.0 Å². The average molecular weight is 931 g/mol. The van der Waals surface area contributed by atoms with Crippen molar-refractivity contribution in [3.63, 3.8) is 0 Å². The highest BCUT2D eigenvalue weighted by Crippen LogP contribution is 2.19. The zero-order valence-electron chi connectivity index (χ0n) is 44.6. The largest absolute Gasteiger partial charge is 0.462 e. The van der Waals surface area contributed by atoms with Crippen LogP contribution in [0.2, 0.25) is 0 Å². The van der Waals surface area contributed by atoms with E-state index in [0.29, 0.717) is 19.3 Å². The first kappa shape index (κ1) is 64.3. The quantitative estimate of drug-likeness (QED) is 0.0321. The van der Waals surface area contributed by atoms with Crippen molar-refractivity contribution >= 4 is 11.9 Å². The Morgan fingerprint density at radius 2 is 0.727 bits per heavy atom. The normalized spacial score (nSPS) is 13.2. The van der Waals surface area contributed by atoms with E-state index in [9.17, 15) is 19.8 Å². The molecule has 1 amide bonds. The van der Waals surface area contributed by atoms with E-state index in [1.54, 1.807) is 0 Å². The monoisotopic (exact) mass is 930 g/mol. The number of carbonyl (C=O) groups is 2. The Morgan fingerprint density at radius 3 is 1.08 bits per heavy atom. The second-order valence-electron chi connectivity index (χ2n) is 20.4. The molecule has 0 aromatic rings. The van der Waals surface area contributed by atoms with Crippen molar-refractivity contribution in [2.75, 3.05) is 6.61 Å². The molecule has 0 aliphatic carbocycles. The van der Waals surface area contributed by atoms with Crippen molar-refractivity contribution in [1.82, 2.24) is 5.32 Å². The lowest BCUT2D eigenvalue weighted by atomic mass is 10.0. The Labute approximate surface area is 411 Å². The van der Waals surface area contributed by atoms with E-state index in [1.165, 1.54) is 225 Å². The van der Waals surface area contributed by atoms with Gasteiger partial charge in [-0.3, -0.25) is 9.59 Å². The van der Waals surface area contributed by atoms with E-state index in [-0.39, 0.29) is 24.9 Å². The Morgan fingerprint density at radius 1 is 0.424 bits per heavy atom. The number of nitrogens with one attached hydrogen (secondary N) is 1. The highest BCUT2D eigenvalue weighted by atomic mass is 16.5. The number of allylic oxidation sites excluding steroid dienone is 4. The van der Waals surface area contributed by atoms with Gasteiger partial charge in [-0.1, -0.05) is 257 Å². The zero-order chi connectivity index (χ0) is 48.1. The summed E-state index contributed by atoms with van der Waals surface area (Å²) in [5.41, 5.74) is 0. The maximum absolute atomic E-state index is 13.3. The first-order valence-electron chi connectivity index (χ1n) is 29.6. The molecule has 0 radical (unpaired) electrons. The third-order valence-corrected chi connectivity index (χ3v) is 13.8. The van der Waals surface area contributed by atoms with Gasteiger partial charge in [-0.25, -0.2) is 0 Å². The van der Waals surface area contributed by atoms with Crippen LogP contribution in [-0.2, 0) is 14.3 Å². The number of esters is 1. The first-order valence-corrected chi connectivity index (χ1v) is 29.6. The standard InChI is InChI=1S/C60H115NO5/c1-4-7-10-13-16-19-22-25-27-29-31-34-36-39-42-45-48-51-56(66-60(65)53-50-47-44-41-38-35-32-30-28-26-23-20-17-14-11-8-5-2)54-59(64)61-57(55-62)58(63)52-49-46-43-40-37-33-24-21-18-15-12-9-6-3/h25-28,56-58,62-63H,4-24,29-55H2,1-3H3,(H,61,64)/b27-25+,28-26+. The topological polar surface area (TPSA) is 95.9 Å². The van der Waals surface area contributed by atoms with Crippen LogP contribution in [0.5, 0.6) is 0 Å². The lowest BCUT2D eigenvalue weighted by Crippen LogP contribution is -2.46. The summed E-state index contributed by atoms with van der Waals surface area (Å²) in [6.45, 7) is 6.51. The summed E-state index contributed by atoms with van der Waals surface area (Å²) in [7, 11) is 0. The predicted molar refractivity (Wildman–Crippen MR) is 287 cm³/mol. The molecule has 0 saturated carbocycles. The van der Waals surface area contributed by atoms with Crippen LogP contribution in [0.3, 0.4) is 0 Å². The van der Waals surface area contributed by atoms with Crippen LogP contribution in [0.1, 0.15) is 323 Å². The molecule has 0 fully saturated rings. The van der Waals surface area contributed by atoms with Gasteiger partial charge < -0.3 is 20.3 Å². The third kappa shape index (κ3) is 48.8. The molecular weight excluding hydrogens is 815 g/mol. The van der Waals surface area contributed by atoms with Gasteiger partial charge in [0.15, 0.2) is 0 Å². The van der Waals surface area contributed by atoms with Crippen molar-refractivity contribution in [1.29, 1.82) is 0 Å². The lowest BCUT2D eigenvalue weighted by Gasteiger charge is -2.24. The molecule has 3 N–H and O–H groups in total. The molecule has 0 aromatic heterocycles. The summed E-state index contributed by atoms with van der Waals surface area (Å²) in [4.78, 5) is 26.3. The van der Waals surface area contributed by atoms with E-state index in [0.717, 1.165) is 51.4 Å². The second kappa shape index (κ2) is 54.3. The lowest BCUT2D eigenvalue weighted by molar-refractivity contribution is -0.151. The van der Waals surface area contributed by atoms with Crippen molar-refractivity contribution in [2.24, 2.45) is 0 Å². The molecule has 0 spiro atoms. The summed E-state index contributed by atoms with van der Waals surface area (Å²) in [6.07, 6.45) is 63.8. The number of hydrogen-bond donors (Lipinski definition) is 3.